The number of anilines is 1. The number of fused-ring (bicyclic) bond motifs is 1. The Kier molecular flexibility index (Phi) is 3.97. The summed E-state index contributed by atoms with van der Waals surface area (Å²) in [6, 6.07) is 4.16. The fourth-order valence-electron chi connectivity index (χ4n) is 2.43. The summed E-state index contributed by atoms with van der Waals surface area (Å²) in [7, 11) is 0. The number of thioether (sulfide) groups is 1. The molecule has 6 heteroatoms. The molecule has 2 aromatic rings. The molecule has 0 saturated heterocycles. The summed E-state index contributed by atoms with van der Waals surface area (Å²) in [4.78, 5) is 6.79. The van der Waals surface area contributed by atoms with E-state index >= 15 is 0 Å². The van der Waals surface area contributed by atoms with Gasteiger partial charge in [0.05, 0.1) is 41.3 Å². The van der Waals surface area contributed by atoms with Crippen molar-refractivity contribution in [3.05, 3.63) is 42.0 Å². The van der Waals surface area contributed by atoms with Crippen LogP contribution in [0.4, 0.5) is 5.69 Å². The van der Waals surface area contributed by atoms with Crippen molar-refractivity contribution in [1.29, 1.82) is 0 Å². The van der Waals surface area contributed by atoms with E-state index in [0.717, 1.165) is 28.5 Å². The van der Waals surface area contributed by atoms with Crippen molar-refractivity contribution in [2.24, 2.45) is 0 Å². The third kappa shape index (κ3) is 3.34. The van der Waals surface area contributed by atoms with Gasteiger partial charge in [0, 0.05) is 12.4 Å². The van der Waals surface area contributed by atoms with E-state index in [4.69, 9.17) is 0 Å². The Morgan fingerprint density at radius 2 is 2.18 bits per heavy atom. The summed E-state index contributed by atoms with van der Waals surface area (Å²) < 4.78 is 1.77. The second-order valence-electron chi connectivity index (χ2n) is 6.04. The highest BCUT2D eigenvalue weighted by atomic mass is 32.2. The van der Waals surface area contributed by atoms with Crippen LogP contribution in [0.25, 0.3) is 6.08 Å². The molecule has 0 aromatic carbocycles. The van der Waals surface area contributed by atoms with E-state index < -0.39 is 5.60 Å². The van der Waals surface area contributed by atoms with Crippen molar-refractivity contribution < 1.29 is 5.11 Å². The van der Waals surface area contributed by atoms with Crippen LogP contribution in [0.2, 0.25) is 0 Å². The minimum absolute atomic E-state index is 0.468. The summed E-state index contributed by atoms with van der Waals surface area (Å²) in [5, 5.41) is 15.2. The Balaban J connectivity index is 1.80. The van der Waals surface area contributed by atoms with Crippen LogP contribution in [0.5, 0.6) is 0 Å². The summed E-state index contributed by atoms with van der Waals surface area (Å²) in [6.45, 7) is 4.75. The first-order valence-corrected chi connectivity index (χ1v) is 8.41. The van der Waals surface area contributed by atoms with E-state index in [1.807, 2.05) is 30.9 Å². The van der Waals surface area contributed by atoms with Gasteiger partial charge in [0.1, 0.15) is 0 Å². The number of aromatic nitrogens is 3. The van der Waals surface area contributed by atoms with Gasteiger partial charge in [-0.2, -0.15) is 5.10 Å². The predicted molar refractivity (Wildman–Crippen MR) is 89.8 cm³/mol. The lowest BCUT2D eigenvalue weighted by molar-refractivity contribution is 0.0577. The van der Waals surface area contributed by atoms with Crippen LogP contribution in [0.15, 0.2) is 35.8 Å². The molecule has 0 fully saturated rings. The normalized spacial score (nSPS) is 14.3. The third-order valence-corrected chi connectivity index (χ3v) is 4.09. The van der Waals surface area contributed by atoms with Gasteiger partial charge < -0.3 is 10.0 Å². The standard InChI is InChI=1S/C16H20N4OS/c1-16(2,21)11-20-9-13(8-17-20)19-7-6-12-4-5-15(22-3)18-14(12)10-19/h4-9,21H,10-11H2,1-3H3. The van der Waals surface area contributed by atoms with Crippen molar-refractivity contribution in [2.45, 2.75) is 37.6 Å². The Bertz CT molecular complexity index is 702. The van der Waals surface area contributed by atoms with E-state index in [1.165, 1.54) is 0 Å². The molecule has 22 heavy (non-hydrogen) atoms. The number of hydrogen-bond acceptors (Lipinski definition) is 5. The van der Waals surface area contributed by atoms with Gasteiger partial charge in [-0.3, -0.25) is 4.68 Å². The first kappa shape index (κ1) is 15.1. The maximum atomic E-state index is 9.88. The predicted octanol–water partition coefficient (Wildman–Crippen LogP) is 2.76. The highest BCUT2D eigenvalue weighted by Gasteiger charge is 2.18. The summed E-state index contributed by atoms with van der Waals surface area (Å²) in [5.74, 6) is 0. The molecular weight excluding hydrogens is 296 g/mol. The zero-order chi connectivity index (χ0) is 15.7. The average Bonchev–Trinajstić information content (AvgIpc) is 2.92. The molecule has 0 saturated carbocycles. The maximum absolute atomic E-state index is 9.88. The van der Waals surface area contributed by atoms with Gasteiger partial charge >= 0.3 is 0 Å². The molecule has 1 N–H and O–H groups in total. The molecule has 5 nitrogen and oxygen atoms in total. The van der Waals surface area contributed by atoms with Crippen molar-refractivity contribution in [2.75, 3.05) is 11.2 Å². The van der Waals surface area contributed by atoms with E-state index in [1.54, 1.807) is 30.3 Å². The summed E-state index contributed by atoms with van der Waals surface area (Å²) in [5.41, 5.74) is 2.47. The van der Waals surface area contributed by atoms with Gasteiger partial charge in [0.25, 0.3) is 0 Å². The second-order valence-corrected chi connectivity index (χ2v) is 6.87. The van der Waals surface area contributed by atoms with Crippen LogP contribution < -0.4 is 4.90 Å². The minimum atomic E-state index is -0.775. The smallest absolute Gasteiger partial charge is 0.0961 e. The minimum Gasteiger partial charge on any atom is -0.389 e. The van der Waals surface area contributed by atoms with Gasteiger partial charge in [0.15, 0.2) is 0 Å². The molecule has 2 aromatic heterocycles. The van der Waals surface area contributed by atoms with Gasteiger partial charge in [-0.1, -0.05) is 6.07 Å². The van der Waals surface area contributed by atoms with E-state index in [9.17, 15) is 5.11 Å². The van der Waals surface area contributed by atoms with Crippen molar-refractivity contribution in [3.63, 3.8) is 0 Å². The first-order chi connectivity index (χ1) is 10.4. The highest BCUT2D eigenvalue weighted by molar-refractivity contribution is 7.98. The molecule has 0 radical (unpaired) electrons. The topological polar surface area (TPSA) is 54.2 Å². The maximum Gasteiger partial charge on any atom is 0.0961 e. The van der Waals surface area contributed by atoms with Crippen LogP contribution >= 0.6 is 11.8 Å². The molecule has 3 heterocycles. The van der Waals surface area contributed by atoms with Gasteiger partial charge in [-0.15, -0.1) is 11.8 Å². The number of nitrogens with zero attached hydrogens (tertiary/aromatic N) is 4. The molecule has 0 aliphatic carbocycles. The molecule has 3 rings (SSSR count). The van der Waals surface area contributed by atoms with E-state index in [2.05, 4.69) is 27.1 Å². The summed E-state index contributed by atoms with van der Waals surface area (Å²) >= 11 is 1.65. The largest absolute Gasteiger partial charge is 0.389 e. The Morgan fingerprint density at radius 3 is 2.91 bits per heavy atom. The van der Waals surface area contributed by atoms with Crippen LogP contribution in [0.3, 0.4) is 0 Å². The molecule has 0 unspecified atom stereocenters. The Morgan fingerprint density at radius 1 is 1.36 bits per heavy atom. The lowest BCUT2D eigenvalue weighted by atomic mass is 10.1. The lowest BCUT2D eigenvalue weighted by Gasteiger charge is -2.23. The highest BCUT2D eigenvalue weighted by Crippen LogP contribution is 2.25. The average molecular weight is 316 g/mol. The zero-order valence-corrected chi connectivity index (χ0v) is 13.8. The molecule has 1 aliphatic heterocycles. The number of rotatable bonds is 4. The first-order valence-electron chi connectivity index (χ1n) is 7.18. The second kappa shape index (κ2) is 5.78. The van der Waals surface area contributed by atoms with Crippen molar-refractivity contribution >= 4 is 23.5 Å². The van der Waals surface area contributed by atoms with Gasteiger partial charge in [-0.05, 0) is 37.8 Å². The third-order valence-electron chi connectivity index (χ3n) is 3.45. The molecule has 0 amide bonds. The van der Waals surface area contributed by atoms with Crippen molar-refractivity contribution in [3.8, 4) is 0 Å². The van der Waals surface area contributed by atoms with Crippen LogP contribution in [-0.4, -0.2) is 31.7 Å². The van der Waals surface area contributed by atoms with Crippen LogP contribution in [0.1, 0.15) is 25.1 Å². The molecule has 0 bridgehead atoms. The fraction of sp³-hybridized carbons (Fsp3) is 0.375. The molecular formula is C16H20N4OS. The zero-order valence-electron chi connectivity index (χ0n) is 13.0. The van der Waals surface area contributed by atoms with Gasteiger partial charge in [-0.25, -0.2) is 4.98 Å². The Hall–Kier alpha value is -1.79. The van der Waals surface area contributed by atoms with Crippen LogP contribution in [0, 0.1) is 0 Å². The number of hydrogen-bond donors (Lipinski definition) is 1. The van der Waals surface area contributed by atoms with E-state index in [0.29, 0.717) is 6.54 Å². The van der Waals surface area contributed by atoms with Crippen molar-refractivity contribution in [1.82, 2.24) is 14.8 Å². The van der Waals surface area contributed by atoms with Gasteiger partial charge in [0.2, 0.25) is 0 Å². The number of aliphatic hydroxyl groups is 1. The number of pyridine rings is 1. The van der Waals surface area contributed by atoms with E-state index in [-0.39, 0.29) is 0 Å². The fourth-order valence-corrected chi connectivity index (χ4v) is 2.84. The quantitative estimate of drug-likeness (QED) is 0.879. The molecule has 1 aliphatic rings. The molecule has 0 spiro atoms. The Labute approximate surface area is 134 Å². The SMILES string of the molecule is CSc1ccc2c(n1)CN(c1cnn(CC(C)(C)O)c1)C=C2. The monoisotopic (exact) mass is 316 g/mol. The van der Waals surface area contributed by atoms with Crippen LogP contribution in [-0.2, 0) is 13.1 Å². The molecule has 0 atom stereocenters. The molecule has 116 valence electrons. The lowest BCUT2D eigenvalue weighted by Crippen LogP contribution is -2.26. The summed E-state index contributed by atoms with van der Waals surface area (Å²) in [6.07, 6.45) is 9.93.